The van der Waals surface area contributed by atoms with Crippen molar-refractivity contribution in [1.82, 2.24) is 4.72 Å². The first-order valence-electron chi connectivity index (χ1n) is 7.30. The molecule has 0 radical (unpaired) electrons. The number of sulfonamides is 1. The van der Waals surface area contributed by atoms with E-state index >= 15 is 0 Å². The maximum absolute atomic E-state index is 12.5. The van der Waals surface area contributed by atoms with Crippen LogP contribution in [0.5, 0.6) is 0 Å². The molecule has 120 valence electrons. The molecule has 1 aliphatic carbocycles. The summed E-state index contributed by atoms with van der Waals surface area (Å²) in [6, 6.07) is 13.2. The molecule has 0 aromatic heterocycles. The van der Waals surface area contributed by atoms with Gasteiger partial charge in [0, 0.05) is 6.04 Å². The van der Waals surface area contributed by atoms with Gasteiger partial charge in [0.2, 0.25) is 10.0 Å². The van der Waals surface area contributed by atoms with Gasteiger partial charge in [-0.1, -0.05) is 24.3 Å². The Morgan fingerprint density at radius 3 is 2.61 bits per heavy atom. The lowest BCUT2D eigenvalue weighted by Gasteiger charge is -2.15. The summed E-state index contributed by atoms with van der Waals surface area (Å²) in [5, 5.41) is 0. The van der Waals surface area contributed by atoms with Crippen LogP contribution in [0.15, 0.2) is 53.4 Å². The number of carbonyl (C=O) groups excluding carboxylic acids is 1. The number of esters is 1. The van der Waals surface area contributed by atoms with Gasteiger partial charge in [-0.2, -0.15) is 0 Å². The molecule has 0 aliphatic heterocycles. The van der Waals surface area contributed by atoms with Crippen molar-refractivity contribution < 1.29 is 17.9 Å². The number of methoxy groups -OCH3 is 1. The first-order valence-corrected chi connectivity index (χ1v) is 8.78. The number of nitrogens with one attached hydrogen (secondary N) is 1. The van der Waals surface area contributed by atoms with Crippen molar-refractivity contribution in [2.24, 2.45) is 0 Å². The van der Waals surface area contributed by atoms with E-state index in [-0.39, 0.29) is 10.9 Å². The number of hydrogen-bond donors (Lipinski definition) is 1. The number of fused-ring (bicyclic) bond motifs is 1. The standard InChI is InChI=1S/C17H17NO4S/c1-22-17(19)13-8-7-12-9-10-16(15(12)11-13)18-23(20,21)14-5-3-2-4-6-14/h2-8,11,16,18H,9-10H2,1H3/t16-/m1/s1. The quantitative estimate of drug-likeness (QED) is 0.874. The average Bonchev–Trinajstić information content (AvgIpc) is 2.96. The molecule has 2 aromatic carbocycles. The van der Waals surface area contributed by atoms with Crippen molar-refractivity contribution in [2.75, 3.05) is 7.11 Å². The van der Waals surface area contributed by atoms with Crippen LogP contribution in [0.2, 0.25) is 0 Å². The zero-order chi connectivity index (χ0) is 16.4. The van der Waals surface area contributed by atoms with Gasteiger partial charge in [0.1, 0.15) is 0 Å². The molecule has 6 heteroatoms. The molecule has 0 amide bonds. The summed E-state index contributed by atoms with van der Waals surface area (Å²) in [6.45, 7) is 0. The van der Waals surface area contributed by atoms with E-state index in [2.05, 4.69) is 4.72 Å². The molecule has 0 spiro atoms. The molecule has 1 aliphatic rings. The number of rotatable bonds is 4. The lowest BCUT2D eigenvalue weighted by atomic mass is 10.0. The van der Waals surface area contributed by atoms with Crippen LogP contribution in [-0.4, -0.2) is 21.5 Å². The third-order valence-electron chi connectivity index (χ3n) is 4.00. The third kappa shape index (κ3) is 3.13. The van der Waals surface area contributed by atoms with Crippen LogP contribution >= 0.6 is 0 Å². The first-order chi connectivity index (χ1) is 11.0. The van der Waals surface area contributed by atoms with E-state index in [0.717, 1.165) is 17.5 Å². The predicted molar refractivity (Wildman–Crippen MR) is 85.6 cm³/mol. The summed E-state index contributed by atoms with van der Waals surface area (Å²) < 4.78 is 32.4. The molecule has 0 heterocycles. The fourth-order valence-electron chi connectivity index (χ4n) is 2.82. The molecule has 0 saturated heterocycles. The van der Waals surface area contributed by atoms with Crippen molar-refractivity contribution in [1.29, 1.82) is 0 Å². The highest BCUT2D eigenvalue weighted by atomic mass is 32.2. The molecule has 1 N–H and O–H groups in total. The lowest BCUT2D eigenvalue weighted by Crippen LogP contribution is -2.27. The summed E-state index contributed by atoms with van der Waals surface area (Å²) in [5.74, 6) is -0.427. The number of benzene rings is 2. The van der Waals surface area contributed by atoms with Crippen LogP contribution < -0.4 is 4.72 Å². The van der Waals surface area contributed by atoms with Gasteiger partial charge in [0.25, 0.3) is 0 Å². The van der Waals surface area contributed by atoms with Gasteiger partial charge in [0.05, 0.1) is 17.6 Å². The van der Waals surface area contributed by atoms with E-state index < -0.39 is 16.0 Å². The number of ether oxygens (including phenoxy) is 1. The Morgan fingerprint density at radius 1 is 1.17 bits per heavy atom. The first kappa shape index (κ1) is 15.7. The van der Waals surface area contributed by atoms with Gasteiger partial charge in [-0.15, -0.1) is 0 Å². The number of aryl methyl sites for hydroxylation is 1. The zero-order valence-electron chi connectivity index (χ0n) is 12.7. The number of carbonyl (C=O) groups is 1. The maximum atomic E-state index is 12.5. The summed E-state index contributed by atoms with van der Waals surface area (Å²) in [7, 11) is -2.27. The van der Waals surface area contributed by atoms with Crippen LogP contribution in [0.4, 0.5) is 0 Å². The predicted octanol–water partition coefficient (Wildman–Crippen LogP) is 2.44. The van der Waals surface area contributed by atoms with E-state index in [1.807, 2.05) is 6.07 Å². The fraction of sp³-hybridized carbons (Fsp3) is 0.235. The molecule has 23 heavy (non-hydrogen) atoms. The minimum Gasteiger partial charge on any atom is -0.465 e. The molecular formula is C17H17NO4S. The highest BCUT2D eigenvalue weighted by Crippen LogP contribution is 2.33. The fourth-order valence-corrected chi connectivity index (χ4v) is 4.10. The van der Waals surface area contributed by atoms with E-state index in [1.54, 1.807) is 42.5 Å². The summed E-state index contributed by atoms with van der Waals surface area (Å²) >= 11 is 0. The highest BCUT2D eigenvalue weighted by Gasteiger charge is 2.28. The van der Waals surface area contributed by atoms with Crippen LogP contribution in [0.3, 0.4) is 0 Å². The Labute approximate surface area is 135 Å². The highest BCUT2D eigenvalue weighted by molar-refractivity contribution is 7.89. The van der Waals surface area contributed by atoms with Gasteiger partial charge < -0.3 is 4.74 Å². The molecule has 2 aromatic rings. The zero-order valence-corrected chi connectivity index (χ0v) is 13.5. The van der Waals surface area contributed by atoms with Gasteiger partial charge >= 0.3 is 5.97 Å². The summed E-state index contributed by atoms with van der Waals surface area (Å²) in [4.78, 5) is 11.9. The van der Waals surface area contributed by atoms with E-state index in [0.29, 0.717) is 12.0 Å². The average molecular weight is 331 g/mol. The monoisotopic (exact) mass is 331 g/mol. The van der Waals surface area contributed by atoms with Crippen molar-refractivity contribution in [3.05, 3.63) is 65.2 Å². The van der Waals surface area contributed by atoms with Gasteiger partial charge in [-0.3, -0.25) is 0 Å². The largest absolute Gasteiger partial charge is 0.465 e. The molecule has 0 fully saturated rings. The van der Waals surface area contributed by atoms with Crippen LogP contribution in [0.1, 0.15) is 33.9 Å². The van der Waals surface area contributed by atoms with Crippen molar-refractivity contribution >= 4 is 16.0 Å². The van der Waals surface area contributed by atoms with E-state index in [4.69, 9.17) is 4.74 Å². The molecule has 0 saturated carbocycles. The molecular weight excluding hydrogens is 314 g/mol. The topological polar surface area (TPSA) is 72.5 Å². The van der Waals surface area contributed by atoms with E-state index in [9.17, 15) is 13.2 Å². The van der Waals surface area contributed by atoms with Gasteiger partial charge in [-0.05, 0) is 48.2 Å². The third-order valence-corrected chi connectivity index (χ3v) is 5.48. The second kappa shape index (κ2) is 6.14. The second-order valence-electron chi connectivity index (χ2n) is 5.43. The minimum atomic E-state index is -3.59. The molecule has 5 nitrogen and oxygen atoms in total. The normalized spacial score (nSPS) is 16.8. The lowest BCUT2D eigenvalue weighted by molar-refractivity contribution is 0.0600. The van der Waals surface area contributed by atoms with Gasteiger partial charge in [-0.25, -0.2) is 17.9 Å². The Morgan fingerprint density at radius 2 is 1.91 bits per heavy atom. The second-order valence-corrected chi connectivity index (χ2v) is 7.14. The maximum Gasteiger partial charge on any atom is 0.337 e. The Bertz CT molecular complexity index is 831. The summed E-state index contributed by atoms with van der Waals surface area (Å²) in [6.07, 6.45) is 1.45. The van der Waals surface area contributed by atoms with E-state index in [1.165, 1.54) is 7.11 Å². The van der Waals surface area contributed by atoms with Crippen molar-refractivity contribution in [3.63, 3.8) is 0 Å². The SMILES string of the molecule is COC(=O)c1ccc2c(c1)[C@H](NS(=O)(=O)c1ccccc1)CC2. The van der Waals surface area contributed by atoms with Crippen LogP contribution in [-0.2, 0) is 21.2 Å². The molecule has 0 unspecified atom stereocenters. The van der Waals surface area contributed by atoms with Gasteiger partial charge in [0.15, 0.2) is 0 Å². The van der Waals surface area contributed by atoms with Crippen LogP contribution in [0.25, 0.3) is 0 Å². The Hall–Kier alpha value is -2.18. The molecule has 3 rings (SSSR count). The smallest absolute Gasteiger partial charge is 0.337 e. The van der Waals surface area contributed by atoms with Crippen molar-refractivity contribution in [2.45, 2.75) is 23.8 Å². The van der Waals surface area contributed by atoms with Crippen LogP contribution in [0, 0.1) is 0 Å². The van der Waals surface area contributed by atoms with Crippen molar-refractivity contribution in [3.8, 4) is 0 Å². The molecule has 0 bridgehead atoms. The molecule has 1 atom stereocenters. The minimum absolute atomic E-state index is 0.234. The Kier molecular flexibility index (Phi) is 4.19. The Balaban J connectivity index is 1.89. The number of hydrogen-bond acceptors (Lipinski definition) is 4. The summed E-state index contributed by atoms with van der Waals surface area (Å²) in [5.41, 5.74) is 2.32.